The van der Waals surface area contributed by atoms with Gasteiger partial charge in [0.15, 0.2) is 0 Å². The highest BCUT2D eigenvalue weighted by Gasteiger charge is 2.18. The summed E-state index contributed by atoms with van der Waals surface area (Å²) in [6.45, 7) is 2.09. The maximum absolute atomic E-state index is 10.8. The molecule has 0 radical (unpaired) electrons. The van der Waals surface area contributed by atoms with Crippen LogP contribution in [0.1, 0.15) is 13.3 Å². The lowest BCUT2D eigenvalue weighted by atomic mass is 10.2. The summed E-state index contributed by atoms with van der Waals surface area (Å²) >= 11 is 5.73. The number of nitrogens with zero attached hydrogens (tertiary/aromatic N) is 1. The van der Waals surface area contributed by atoms with Crippen LogP contribution in [-0.2, 0) is 0 Å². The maximum atomic E-state index is 10.8. The van der Waals surface area contributed by atoms with Crippen LogP contribution in [0.25, 0.3) is 0 Å². The van der Waals surface area contributed by atoms with Gasteiger partial charge in [-0.1, -0.05) is 24.6 Å². The van der Waals surface area contributed by atoms with E-state index >= 15 is 0 Å². The highest BCUT2D eigenvalue weighted by Crippen LogP contribution is 2.32. The van der Waals surface area contributed by atoms with Crippen molar-refractivity contribution in [3.05, 3.63) is 33.3 Å². The summed E-state index contributed by atoms with van der Waals surface area (Å²) in [6, 6.07) is 4.64. The van der Waals surface area contributed by atoms with Crippen molar-refractivity contribution in [1.82, 2.24) is 0 Å². The van der Waals surface area contributed by atoms with Gasteiger partial charge in [0.1, 0.15) is 10.7 Å². The third-order valence-electron chi connectivity index (χ3n) is 2.17. The van der Waals surface area contributed by atoms with Gasteiger partial charge in [-0.3, -0.25) is 10.1 Å². The van der Waals surface area contributed by atoms with Crippen molar-refractivity contribution in [2.45, 2.75) is 19.4 Å². The molecular weight excluding hydrogens is 232 g/mol. The molecule has 6 heteroatoms. The summed E-state index contributed by atoms with van der Waals surface area (Å²) in [5, 5.41) is 23.0. The Kier molecular flexibility index (Phi) is 4.52. The number of nitro benzene ring substituents is 1. The van der Waals surface area contributed by atoms with Crippen molar-refractivity contribution >= 4 is 23.0 Å². The number of anilines is 1. The zero-order chi connectivity index (χ0) is 12.1. The second-order valence-electron chi connectivity index (χ2n) is 3.34. The topological polar surface area (TPSA) is 75.4 Å². The number of nitrogens with one attached hydrogen (secondary N) is 1. The van der Waals surface area contributed by atoms with Gasteiger partial charge >= 0.3 is 5.69 Å². The van der Waals surface area contributed by atoms with Crippen LogP contribution < -0.4 is 5.32 Å². The molecule has 0 fully saturated rings. The van der Waals surface area contributed by atoms with Crippen LogP contribution in [0.3, 0.4) is 0 Å². The third-order valence-corrected chi connectivity index (χ3v) is 2.47. The number of benzene rings is 1. The summed E-state index contributed by atoms with van der Waals surface area (Å²) in [4.78, 5) is 10.2. The second-order valence-corrected chi connectivity index (χ2v) is 3.74. The van der Waals surface area contributed by atoms with Gasteiger partial charge in [0, 0.05) is 6.54 Å². The molecule has 1 unspecified atom stereocenters. The number of hydrogen-bond acceptors (Lipinski definition) is 4. The minimum atomic E-state index is -0.539. The molecule has 0 saturated carbocycles. The molecule has 0 aromatic heterocycles. The average molecular weight is 245 g/mol. The third kappa shape index (κ3) is 3.08. The molecular formula is C10H13ClN2O3. The van der Waals surface area contributed by atoms with Gasteiger partial charge in [0.2, 0.25) is 0 Å². The van der Waals surface area contributed by atoms with Crippen LogP contribution in [0.4, 0.5) is 11.4 Å². The van der Waals surface area contributed by atoms with E-state index < -0.39 is 11.0 Å². The van der Waals surface area contributed by atoms with E-state index in [4.69, 9.17) is 11.6 Å². The second kappa shape index (κ2) is 5.67. The molecule has 0 heterocycles. The normalized spacial score (nSPS) is 12.2. The molecule has 1 rings (SSSR count). The number of halogens is 1. The van der Waals surface area contributed by atoms with Gasteiger partial charge in [0.05, 0.1) is 11.0 Å². The smallest absolute Gasteiger partial charge is 0.310 e. The average Bonchev–Trinajstić information content (AvgIpc) is 2.25. The van der Waals surface area contributed by atoms with E-state index in [0.717, 1.165) is 0 Å². The molecule has 0 aliphatic heterocycles. The van der Waals surface area contributed by atoms with Crippen molar-refractivity contribution < 1.29 is 10.0 Å². The number of aliphatic hydroxyl groups is 1. The predicted molar refractivity (Wildman–Crippen MR) is 62.9 cm³/mol. The lowest BCUT2D eigenvalue weighted by molar-refractivity contribution is -0.383. The molecule has 0 bridgehead atoms. The van der Waals surface area contributed by atoms with Crippen LogP contribution in [-0.4, -0.2) is 22.7 Å². The molecule has 0 saturated heterocycles. The first-order chi connectivity index (χ1) is 7.56. The predicted octanol–water partition coefficient (Wildman–Crippen LogP) is 2.43. The minimum Gasteiger partial charge on any atom is -0.391 e. The van der Waals surface area contributed by atoms with E-state index in [0.29, 0.717) is 12.1 Å². The molecule has 0 aliphatic rings. The summed E-state index contributed by atoms with van der Waals surface area (Å²) in [5.41, 5.74) is 0.164. The molecule has 1 aromatic rings. The fourth-order valence-electron chi connectivity index (χ4n) is 1.22. The Balaban J connectivity index is 2.87. The van der Waals surface area contributed by atoms with Crippen molar-refractivity contribution in [2.24, 2.45) is 0 Å². The Morgan fingerprint density at radius 2 is 2.31 bits per heavy atom. The molecule has 16 heavy (non-hydrogen) atoms. The maximum Gasteiger partial charge on any atom is 0.310 e. The number of para-hydroxylation sites is 1. The molecule has 0 spiro atoms. The molecule has 0 amide bonds. The molecule has 0 aliphatic carbocycles. The van der Waals surface area contributed by atoms with E-state index in [-0.39, 0.29) is 17.3 Å². The fourth-order valence-corrected chi connectivity index (χ4v) is 1.46. The first-order valence-electron chi connectivity index (χ1n) is 4.91. The fraction of sp³-hybridized carbons (Fsp3) is 0.400. The van der Waals surface area contributed by atoms with Gasteiger partial charge in [-0.15, -0.1) is 0 Å². The number of rotatable bonds is 5. The summed E-state index contributed by atoms with van der Waals surface area (Å²) in [6.07, 6.45) is 0.0556. The summed E-state index contributed by atoms with van der Waals surface area (Å²) < 4.78 is 0. The van der Waals surface area contributed by atoms with Gasteiger partial charge in [0.25, 0.3) is 0 Å². The van der Waals surface area contributed by atoms with Crippen LogP contribution in [0, 0.1) is 10.1 Å². The van der Waals surface area contributed by atoms with Crippen LogP contribution in [0.5, 0.6) is 0 Å². The highest BCUT2D eigenvalue weighted by molar-refractivity contribution is 6.33. The Labute approximate surface area is 98.2 Å². The van der Waals surface area contributed by atoms with E-state index in [2.05, 4.69) is 5.32 Å². The molecule has 5 nitrogen and oxygen atoms in total. The van der Waals surface area contributed by atoms with Crippen LogP contribution in [0.15, 0.2) is 18.2 Å². The Morgan fingerprint density at radius 3 is 2.88 bits per heavy atom. The summed E-state index contributed by atoms with van der Waals surface area (Å²) in [5.74, 6) is 0. The Bertz CT molecular complexity index is 384. The first-order valence-corrected chi connectivity index (χ1v) is 5.29. The number of aliphatic hydroxyl groups excluding tert-OH is 1. The van der Waals surface area contributed by atoms with Gasteiger partial charge < -0.3 is 10.4 Å². The van der Waals surface area contributed by atoms with Crippen molar-refractivity contribution in [2.75, 3.05) is 11.9 Å². The highest BCUT2D eigenvalue weighted by atomic mass is 35.5. The van der Waals surface area contributed by atoms with Gasteiger partial charge in [-0.05, 0) is 18.6 Å². The van der Waals surface area contributed by atoms with Crippen molar-refractivity contribution in [3.8, 4) is 0 Å². The van der Waals surface area contributed by atoms with Crippen molar-refractivity contribution in [1.29, 1.82) is 0 Å². The molecule has 2 N–H and O–H groups in total. The SMILES string of the molecule is CCC(O)CNc1cccc(Cl)c1[N+](=O)[O-]. The van der Waals surface area contributed by atoms with E-state index in [9.17, 15) is 15.2 Å². The lowest BCUT2D eigenvalue weighted by Gasteiger charge is -2.11. The van der Waals surface area contributed by atoms with E-state index in [1.54, 1.807) is 12.1 Å². The van der Waals surface area contributed by atoms with Crippen molar-refractivity contribution in [3.63, 3.8) is 0 Å². The zero-order valence-electron chi connectivity index (χ0n) is 8.81. The number of hydrogen-bond donors (Lipinski definition) is 2. The largest absolute Gasteiger partial charge is 0.391 e. The summed E-state index contributed by atoms with van der Waals surface area (Å²) in [7, 11) is 0. The van der Waals surface area contributed by atoms with Crippen LogP contribution in [0.2, 0.25) is 5.02 Å². The monoisotopic (exact) mass is 244 g/mol. The number of nitro groups is 1. The van der Waals surface area contributed by atoms with Gasteiger partial charge in [-0.2, -0.15) is 0 Å². The molecule has 1 atom stereocenters. The minimum absolute atomic E-state index is 0.0842. The standard InChI is InChI=1S/C10H13ClN2O3/c1-2-7(14)6-12-9-5-3-4-8(11)10(9)13(15)16/h3-5,7,12,14H,2,6H2,1H3. The Morgan fingerprint density at radius 1 is 1.62 bits per heavy atom. The quantitative estimate of drug-likeness (QED) is 0.616. The molecule has 1 aromatic carbocycles. The first kappa shape index (κ1) is 12.7. The van der Waals surface area contributed by atoms with Crippen LogP contribution >= 0.6 is 11.6 Å². The van der Waals surface area contributed by atoms with E-state index in [1.807, 2.05) is 6.92 Å². The lowest BCUT2D eigenvalue weighted by Crippen LogP contribution is -2.18. The molecule has 88 valence electrons. The van der Waals surface area contributed by atoms with E-state index in [1.165, 1.54) is 6.07 Å². The zero-order valence-corrected chi connectivity index (χ0v) is 9.57. The van der Waals surface area contributed by atoms with Gasteiger partial charge in [-0.25, -0.2) is 0 Å². The Hall–Kier alpha value is -1.33.